The SMILES string of the molecule is Cc1cccc2c(O)ccnc12. The van der Waals surface area contributed by atoms with Gasteiger partial charge in [-0.25, -0.2) is 0 Å². The Bertz CT molecular complexity index is 382. The lowest BCUT2D eigenvalue weighted by Gasteiger charge is -2.01. The fraction of sp³-hybridized carbons (Fsp3) is 0.100. The maximum absolute atomic E-state index is 9.46. The largest absolute Gasteiger partial charge is 0.507 e. The number of aromatic hydroxyl groups is 1. The van der Waals surface area contributed by atoms with Crippen LogP contribution in [0.4, 0.5) is 0 Å². The van der Waals surface area contributed by atoms with Crippen molar-refractivity contribution in [3.05, 3.63) is 36.0 Å². The third-order valence-corrected chi connectivity index (χ3v) is 1.95. The Morgan fingerprint density at radius 1 is 1.25 bits per heavy atom. The van der Waals surface area contributed by atoms with Crippen molar-refractivity contribution in [3.8, 4) is 5.75 Å². The van der Waals surface area contributed by atoms with Crippen LogP contribution in [0.25, 0.3) is 10.9 Å². The van der Waals surface area contributed by atoms with Crippen LogP contribution >= 0.6 is 0 Å². The number of nitrogens with zero attached hydrogens (tertiary/aromatic N) is 1. The van der Waals surface area contributed by atoms with Gasteiger partial charge in [0.2, 0.25) is 0 Å². The minimum Gasteiger partial charge on any atom is -0.507 e. The summed E-state index contributed by atoms with van der Waals surface area (Å²) >= 11 is 0. The lowest BCUT2D eigenvalue weighted by Crippen LogP contribution is -1.81. The molecule has 0 fully saturated rings. The van der Waals surface area contributed by atoms with Crippen molar-refractivity contribution in [2.24, 2.45) is 0 Å². The molecule has 0 amide bonds. The first kappa shape index (κ1) is 7.10. The molecule has 0 unspecified atom stereocenters. The van der Waals surface area contributed by atoms with Crippen molar-refractivity contribution >= 4 is 10.9 Å². The summed E-state index contributed by atoms with van der Waals surface area (Å²) in [4.78, 5) is 4.18. The van der Waals surface area contributed by atoms with Crippen LogP contribution in [-0.4, -0.2) is 10.1 Å². The monoisotopic (exact) mass is 159 g/mol. The zero-order valence-corrected chi connectivity index (χ0v) is 6.78. The van der Waals surface area contributed by atoms with Gasteiger partial charge in [0, 0.05) is 11.6 Å². The number of benzene rings is 1. The van der Waals surface area contributed by atoms with Crippen molar-refractivity contribution in [1.29, 1.82) is 0 Å². The van der Waals surface area contributed by atoms with Crippen molar-refractivity contribution in [3.63, 3.8) is 0 Å². The number of hydrogen-bond acceptors (Lipinski definition) is 2. The van der Waals surface area contributed by atoms with E-state index in [4.69, 9.17) is 0 Å². The predicted molar refractivity (Wildman–Crippen MR) is 48.1 cm³/mol. The lowest BCUT2D eigenvalue weighted by molar-refractivity contribution is 0.481. The predicted octanol–water partition coefficient (Wildman–Crippen LogP) is 2.25. The summed E-state index contributed by atoms with van der Waals surface area (Å²) in [6.45, 7) is 1.98. The van der Waals surface area contributed by atoms with Crippen molar-refractivity contribution in [2.75, 3.05) is 0 Å². The highest BCUT2D eigenvalue weighted by molar-refractivity contribution is 5.86. The minimum absolute atomic E-state index is 0.295. The van der Waals surface area contributed by atoms with Crippen LogP contribution in [0.5, 0.6) is 5.75 Å². The number of aromatic nitrogens is 1. The summed E-state index contributed by atoms with van der Waals surface area (Å²) in [5, 5.41) is 10.3. The Balaban J connectivity index is 2.94. The molecule has 0 atom stereocenters. The molecule has 12 heavy (non-hydrogen) atoms. The van der Waals surface area contributed by atoms with Gasteiger partial charge in [0.05, 0.1) is 5.52 Å². The molecular weight excluding hydrogens is 150 g/mol. The van der Waals surface area contributed by atoms with Crippen molar-refractivity contribution in [2.45, 2.75) is 6.92 Å². The van der Waals surface area contributed by atoms with E-state index in [2.05, 4.69) is 4.98 Å². The average Bonchev–Trinajstić information content (AvgIpc) is 2.07. The minimum atomic E-state index is 0.295. The Hall–Kier alpha value is -1.57. The molecule has 60 valence electrons. The van der Waals surface area contributed by atoms with Gasteiger partial charge in [-0.15, -0.1) is 0 Å². The maximum atomic E-state index is 9.46. The van der Waals surface area contributed by atoms with Gasteiger partial charge in [-0.1, -0.05) is 12.1 Å². The van der Waals surface area contributed by atoms with E-state index in [1.807, 2.05) is 25.1 Å². The first-order valence-corrected chi connectivity index (χ1v) is 3.82. The first-order chi connectivity index (χ1) is 5.79. The Labute approximate surface area is 70.5 Å². The molecule has 0 bridgehead atoms. The van der Waals surface area contributed by atoms with Crippen molar-refractivity contribution in [1.82, 2.24) is 4.98 Å². The highest BCUT2D eigenvalue weighted by atomic mass is 16.3. The number of fused-ring (bicyclic) bond motifs is 1. The van der Waals surface area contributed by atoms with Gasteiger partial charge in [0.25, 0.3) is 0 Å². The zero-order valence-electron chi connectivity index (χ0n) is 6.78. The smallest absolute Gasteiger partial charge is 0.126 e. The highest BCUT2D eigenvalue weighted by Crippen LogP contribution is 2.23. The number of rotatable bonds is 0. The molecule has 1 N–H and O–H groups in total. The third-order valence-electron chi connectivity index (χ3n) is 1.95. The Morgan fingerprint density at radius 2 is 2.08 bits per heavy atom. The Morgan fingerprint density at radius 3 is 2.83 bits per heavy atom. The van der Waals surface area contributed by atoms with Gasteiger partial charge in [0.15, 0.2) is 0 Å². The van der Waals surface area contributed by atoms with E-state index < -0.39 is 0 Å². The molecule has 1 heterocycles. The molecule has 0 saturated heterocycles. The van der Waals surface area contributed by atoms with Crippen LogP contribution < -0.4 is 0 Å². The molecule has 0 saturated carbocycles. The number of para-hydroxylation sites is 1. The van der Waals surface area contributed by atoms with E-state index in [1.54, 1.807) is 12.3 Å². The number of hydrogen-bond donors (Lipinski definition) is 1. The van der Waals surface area contributed by atoms with E-state index >= 15 is 0 Å². The topological polar surface area (TPSA) is 33.1 Å². The van der Waals surface area contributed by atoms with E-state index in [-0.39, 0.29) is 0 Å². The van der Waals surface area contributed by atoms with E-state index in [9.17, 15) is 5.11 Å². The van der Waals surface area contributed by atoms with Gasteiger partial charge < -0.3 is 5.11 Å². The summed E-state index contributed by atoms with van der Waals surface area (Å²) in [5.74, 6) is 0.295. The molecular formula is C10H9NO. The standard InChI is InChI=1S/C10H9NO/c1-7-3-2-4-8-9(12)5-6-11-10(7)8/h2-6H,1H3,(H,11,12). The van der Waals surface area contributed by atoms with Crippen LogP contribution in [0.15, 0.2) is 30.5 Å². The molecule has 0 spiro atoms. The number of aryl methyl sites for hydroxylation is 1. The third kappa shape index (κ3) is 0.925. The van der Waals surface area contributed by atoms with Gasteiger partial charge in [-0.3, -0.25) is 4.98 Å². The molecule has 0 aliphatic carbocycles. The fourth-order valence-electron chi connectivity index (χ4n) is 1.31. The normalized spacial score (nSPS) is 10.4. The molecule has 2 rings (SSSR count). The average molecular weight is 159 g/mol. The van der Waals surface area contributed by atoms with Gasteiger partial charge in [-0.05, 0) is 24.6 Å². The van der Waals surface area contributed by atoms with Crippen LogP contribution in [0.1, 0.15) is 5.56 Å². The van der Waals surface area contributed by atoms with Gasteiger partial charge in [-0.2, -0.15) is 0 Å². The maximum Gasteiger partial charge on any atom is 0.126 e. The van der Waals surface area contributed by atoms with E-state index in [0.29, 0.717) is 5.75 Å². The van der Waals surface area contributed by atoms with Crippen LogP contribution in [0.3, 0.4) is 0 Å². The van der Waals surface area contributed by atoms with E-state index in [1.165, 1.54) is 0 Å². The molecule has 2 nitrogen and oxygen atoms in total. The number of pyridine rings is 1. The molecule has 0 radical (unpaired) electrons. The van der Waals surface area contributed by atoms with Gasteiger partial charge in [0.1, 0.15) is 5.75 Å². The first-order valence-electron chi connectivity index (χ1n) is 3.82. The fourth-order valence-corrected chi connectivity index (χ4v) is 1.31. The summed E-state index contributed by atoms with van der Waals surface area (Å²) in [6, 6.07) is 7.36. The Kier molecular flexibility index (Phi) is 1.47. The van der Waals surface area contributed by atoms with Crippen molar-refractivity contribution < 1.29 is 5.11 Å². The molecule has 0 aliphatic heterocycles. The molecule has 1 aromatic heterocycles. The summed E-state index contributed by atoms with van der Waals surface area (Å²) in [6.07, 6.45) is 1.62. The second-order valence-corrected chi connectivity index (χ2v) is 2.80. The summed E-state index contributed by atoms with van der Waals surface area (Å²) in [7, 11) is 0. The summed E-state index contributed by atoms with van der Waals surface area (Å²) < 4.78 is 0. The summed E-state index contributed by atoms with van der Waals surface area (Å²) in [5.41, 5.74) is 1.96. The zero-order chi connectivity index (χ0) is 8.55. The van der Waals surface area contributed by atoms with Gasteiger partial charge >= 0.3 is 0 Å². The van der Waals surface area contributed by atoms with Crippen LogP contribution in [-0.2, 0) is 0 Å². The highest BCUT2D eigenvalue weighted by Gasteiger charge is 2.00. The molecule has 2 heteroatoms. The quantitative estimate of drug-likeness (QED) is 0.639. The van der Waals surface area contributed by atoms with E-state index in [0.717, 1.165) is 16.5 Å². The molecule has 2 aromatic rings. The molecule has 1 aromatic carbocycles. The van der Waals surface area contributed by atoms with Crippen LogP contribution in [0.2, 0.25) is 0 Å². The molecule has 0 aliphatic rings. The second-order valence-electron chi connectivity index (χ2n) is 2.80. The lowest BCUT2D eigenvalue weighted by atomic mass is 10.1. The van der Waals surface area contributed by atoms with Crippen LogP contribution in [0, 0.1) is 6.92 Å². The second kappa shape index (κ2) is 2.48.